The summed E-state index contributed by atoms with van der Waals surface area (Å²) in [6.07, 6.45) is 8.17. The standard InChI is InChI=1S/C11H18N4/c1-12-10-7-11(14-8-13-10)15-9-5-3-2-4-6-9/h7-9H,2-6H2,1H3,(H2,12,13,14,15). The third-order valence-corrected chi connectivity index (χ3v) is 2.88. The van der Waals surface area contributed by atoms with E-state index in [1.54, 1.807) is 6.33 Å². The average molecular weight is 206 g/mol. The molecule has 1 heterocycles. The zero-order chi connectivity index (χ0) is 10.5. The van der Waals surface area contributed by atoms with Crippen LogP contribution in [0.25, 0.3) is 0 Å². The lowest BCUT2D eigenvalue weighted by Gasteiger charge is -2.23. The van der Waals surface area contributed by atoms with Crippen molar-refractivity contribution in [1.82, 2.24) is 9.97 Å². The van der Waals surface area contributed by atoms with Gasteiger partial charge in [-0.05, 0) is 12.8 Å². The van der Waals surface area contributed by atoms with E-state index in [0.29, 0.717) is 6.04 Å². The highest BCUT2D eigenvalue weighted by atomic mass is 15.1. The molecule has 1 aromatic rings. The predicted octanol–water partition coefficient (Wildman–Crippen LogP) is 2.26. The largest absolute Gasteiger partial charge is 0.373 e. The van der Waals surface area contributed by atoms with Crippen molar-refractivity contribution in [3.63, 3.8) is 0 Å². The van der Waals surface area contributed by atoms with Gasteiger partial charge in [-0.25, -0.2) is 9.97 Å². The molecule has 0 atom stereocenters. The molecule has 0 spiro atoms. The Morgan fingerprint density at radius 1 is 1.13 bits per heavy atom. The molecule has 0 unspecified atom stereocenters. The van der Waals surface area contributed by atoms with E-state index >= 15 is 0 Å². The average Bonchev–Trinajstić information content (AvgIpc) is 2.31. The predicted molar refractivity (Wildman–Crippen MR) is 62.1 cm³/mol. The monoisotopic (exact) mass is 206 g/mol. The molecule has 1 aliphatic carbocycles. The summed E-state index contributed by atoms with van der Waals surface area (Å²) in [5.41, 5.74) is 0. The SMILES string of the molecule is CNc1cc(NC2CCCCC2)ncn1. The van der Waals surface area contributed by atoms with E-state index in [1.807, 2.05) is 13.1 Å². The Hall–Kier alpha value is -1.32. The highest BCUT2D eigenvalue weighted by Gasteiger charge is 2.13. The Labute approximate surface area is 90.5 Å². The van der Waals surface area contributed by atoms with Crippen molar-refractivity contribution in [2.24, 2.45) is 0 Å². The Morgan fingerprint density at radius 2 is 1.87 bits per heavy atom. The maximum absolute atomic E-state index is 4.22. The first-order valence-corrected chi connectivity index (χ1v) is 5.65. The van der Waals surface area contributed by atoms with Crippen molar-refractivity contribution in [2.45, 2.75) is 38.1 Å². The molecule has 0 aliphatic heterocycles. The van der Waals surface area contributed by atoms with E-state index in [9.17, 15) is 0 Å². The van der Waals surface area contributed by atoms with Gasteiger partial charge in [-0.1, -0.05) is 19.3 Å². The maximum Gasteiger partial charge on any atom is 0.131 e. The van der Waals surface area contributed by atoms with Crippen LogP contribution < -0.4 is 10.6 Å². The van der Waals surface area contributed by atoms with Gasteiger partial charge in [-0.15, -0.1) is 0 Å². The molecule has 82 valence electrons. The van der Waals surface area contributed by atoms with Crippen LogP contribution in [-0.2, 0) is 0 Å². The quantitative estimate of drug-likeness (QED) is 0.796. The van der Waals surface area contributed by atoms with Crippen LogP contribution in [0.4, 0.5) is 11.6 Å². The Bertz CT molecular complexity index is 307. The van der Waals surface area contributed by atoms with E-state index in [4.69, 9.17) is 0 Å². The maximum atomic E-state index is 4.22. The van der Waals surface area contributed by atoms with Crippen LogP contribution in [0.2, 0.25) is 0 Å². The Morgan fingerprint density at radius 3 is 2.60 bits per heavy atom. The summed E-state index contributed by atoms with van der Waals surface area (Å²) in [5.74, 6) is 1.80. The first kappa shape index (κ1) is 10.2. The number of nitrogens with one attached hydrogen (secondary N) is 2. The van der Waals surface area contributed by atoms with E-state index in [-0.39, 0.29) is 0 Å². The molecule has 1 saturated carbocycles. The second-order valence-electron chi connectivity index (χ2n) is 4.02. The number of aromatic nitrogens is 2. The van der Waals surface area contributed by atoms with E-state index in [0.717, 1.165) is 11.6 Å². The molecule has 0 bridgehead atoms. The van der Waals surface area contributed by atoms with E-state index in [1.165, 1.54) is 32.1 Å². The van der Waals surface area contributed by atoms with Crippen molar-refractivity contribution in [3.05, 3.63) is 12.4 Å². The summed E-state index contributed by atoms with van der Waals surface area (Å²) < 4.78 is 0. The first-order valence-electron chi connectivity index (χ1n) is 5.65. The van der Waals surface area contributed by atoms with Gasteiger partial charge in [0.1, 0.15) is 18.0 Å². The minimum Gasteiger partial charge on any atom is -0.373 e. The molecular formula is C11H18N4. The van der Waals surface area contributed by atoms with Crippen molar-refractivity contribution in [2.75, 3.05) is 17.7 Å². The summed E-state index contributed by atoms with van der Waals surface area (Å²) in [6, 6.07) is 2.55. The summed E-state index contributed by atoms with van der Waals surface area (Å²) in [4.78, 5) is 8.31. The number of hydrogen-bond donors (Lipinski definition) is 2. The molecule has 2 N–H and O–H groups in total. The number of anilines is 2. The van der Waals surface area contributed by atoms with Gasteiger partial charge >= 0.3 is 0 Å². The zero-order valence-electron chi connectivity index (χ0n) is 9.16. The molecule has 1 aliphatic rings. The van der Waals surface area contributed by atoms with Gasteiger partial charge in [-0.2, -0.15) is 0 Å². The second-order valence-corrected chi connectivity index (χ2v) is 4.02. The molecule has 4 heteroatoms. The lowest BCUT2D eigenvalue weighted by Crippen LogP contribution is -2.22. The highest BCUT2D eigenvalue weighted by Crippen LogP contribution is 2.21. The smallest absolute Gasteiger partial charge is 0.131 e. The van der Waals surface area contributed by atoms with Gasteiger partial charge in [0.15, 0.2) is 0 Å². The van der Waals surface area contributed by atoms with Gasteiger partial charge in [0.05, 0.1) is 0 Å². The van der Waals surface area contributed by atoms with Crippen molar-refractivity contribution in [1.29, 1.82) is 0 Å². The number of nitrogens with zero attached hydrogens (tertiary/aromatic N) is 2. The fourth-order valence-corrected chi connectivity index (χ4v) is 2.03. The van der Waals surface area contributed by atoms with Crippen LogP contribution in [-0.4, -0.2) is 23.1 Å². The third-order valence-electron chi connectivity index (χ3n) is 2.88. The van der Waals surface area contributed by atoms with Crippen LogP contribution >= 0.6 is 0 Å². The molecule has 15 heavy (non-hydrogen) atoms. The molecule has 1 fully saturated rings. The summed E-state index contributed by atoms with van der Waals surface area (Å²) >= 11 is 0. The van der Waals surface area contributed by atoms with Gasteiger partial charge in [0, 0.05) is 19.2 Å². The Kier molecular flexibility index (Phi) is 3.37. The normalized spacial score (nSPS) is 17.4. The number of rotatable bonds is 3. The van der Waals surface area contributed by atoms with Gasteiger partial charge in [0.25, 0.3) is 0 Å². The Balaban J connectivity index is 1.96. The topological polar surface area (TPSA) is 49.8 Å². The first-order chi connectivity index (χ1) is 7.38. The molecule has 0 radical (unpaired) electrons. The zero-order valence-corrected chi connectivity index (χ0v) is 9.16. The molecular weight excluding hydrogens is 188 g/mol. The van der Waals surface area contributed by atoms with Gasteiger partial charge < -0.3 is 10.6 Å². The minimum atomic E-state index is 0.596. The van der Waals surface area contributed by atoms with Crippen LogP contribution in [0.15, 0.2) is 12.4 Å². The fraction of sp³-hybridized carbons (Fsp3) is 0.636. The summed E-state index contributed by atoms with van der Waals surface area (Å²) in [5, 5.41) is 6.48. The molecule has 0 amide bonds. The molecule has 4 nitrogen and oxygen atoms in total. The third kappa shape index (κ3) is 2.81. The van der Waals surface area contributed by atoms with Crippen LogP contribution in [0.3, 0.4) is 0 Å². The van der Waals surface area contributed by atoms with Gasteiger partial charge in [0.2, 0.25) is 0 Å². The second kappa shape index (κ2) is 4.96. The molecule has 0 aromatic carbocycles. The van der Waals surface area contributed by atoms with Crippen LogP contribution in [0.5, 0.6) is 0 Å². The number of hydrogen-bond acceptors (Lipinski definition) is 4. The lowest BCUT2D eigenvalue weighted by atomic mass is 9.95. The van der Waals surface area contributed by atoms with Crippen LogP contribution in [0, 0.1) is 0 Å². The summed E-state index contributed by atoms with van der Waals surface area (Å²) in [7, 11) is 1.87. The van der Waals surface area contributed by atoms with Crippen molar-refractivity contribution >= 4 is 11.6 Å². The molecule has 1 aromatic heterocycles. The lowest BCUT2D eigenvalue weighted by molar-refractivity contribution is 0.462. The van der Waals surface area contributed by atoms with Crippen LogP contribution in [0.1, 0.15) is 32.1 Å². The fourth-order valence-electron chi connectivity index (χ4n) is 2.03. The minimum absolute atomic E-state index is 0.596. The van der Waals surface area contributed by atoms with Crippen molar-refractivity contribution < 1.29 is 0 Å². The van der Waals surface area contributed by atoms with E-state index in [2.05, 4.69) is 20.6 Å². The highest BCUT2D eigenvalue weighted by molar-refractivity contribution is 5.46. The van der Waals surface area contributed by atoms with Crippen molar-refractivity contribution in [3.8, 4) is 0 Å². The summed E-state index contributed by atoms with van der Waals surface area (Å²) in [6.45, 7) is 0. The molecule has 0 saturated heterocycles. The van der Waals surface area contributed by atoms with E-state index < -0.39 is 0 Å². The molecule has 2 rings (SSSR count). The van der Waals surface area contributed by atoms with Gasteiger partial charge in [-0.3, -0.25) is 0 Å².